The zero-order chi connectivity index (χ0) is 35.5. The van der Waals surface area contributed by atoms with Gasteiger partial charge in [-0.25, -0.2) is 21.6 Å². The smallest absolute Gasteiger partial charge is 0.491 e. The van der Waals surface area contributed by atoms with Gasteiger partial charge in [-0.2, -0.15) is 4.31 Å². The van der Waals surface area contributed by atoms with E-state index in [0.717, 1.165) is 15.9 Å². The molecule has 2 atom stereocenters. The van der Waals surface area contributed by atoms with Crippen LogP contribution in [0.25, 0.3) is 11.1 Å². The Morgan fingerprint density at radius 2 is 1.73 bits per heavy atom. The molecule has 0 radical (unpaired) electrons. The first-order valence-corrected chi connectivity index (χ1v) is 18.5. The average molecular weight is 729 g/mol. The van der Waals surface area contributed by atoms with Crippen molar-refractivity contribution < 1.29 is 49.3 Å². The van der Waals surface area contributed by atoms with Gasteiger partial charge in [0, 0.05) is 38.3 Å². The zero-order valence-corrected chi connectivity index (χ0v) is 28.3. The Bertz CT molecular complexity index is 1820. The molecule has 0 bridgehead atoms. The van der Waals surface area contributed by atoms with Gasteiger partial charge in [0.25, 0.3) is 0 Å². The number of rotatable bonds is 13. The van der Waals surface area contributed by atoms with Crippen LogP contribution in [0.2, 0.25) is 0 Å². The number of nitrogens with two attached hydrogens (primary N) is 1. The van der Waals surface area contributed by atoms with Crippen molar-refractivity contribution in [3.8, 4) is 22.6 Å². The van der Waals surface area contributed by atoms with Crippen LogP contribution in [0.4, 0.5) is 13.2 Å². The predicted octanol–water partition coefficient (Wildman–Crippen LogP) is 2.96. The molecule has 2 saturated heterocycles. The zero-order valence-electron chi connectivity index (χ0n) is 26.6. The van der Waals surface area contributed by atoms with Gasteiger partial charge in [0.15, 0.2) is 0 Å². The lowest BCUT2D eigenvalue weighted by molar-refractivity contribution is -0.275. The maximum atomic E-state index is 13.8. The van der Waals surface area contributed by atoms with Crippen LogP contribution >= 0.6 is 0 Å². The fourth-order valence-electron chi connectivity index (χ4n) is 5.93. The largest absolute Gasteiger partial charge is 0.573 e. The third-order valence-corrected chi connectivity index (χ3v) is 12.0. The monoisotopic (exact) mass is 728 g/mol. The van der Waals surface area contributed by atoms with Gasteiger partial charge in [-0.15, -0.1) is 13.2 Å². The van der Waals surface area contributed by atoms with Crippen LogP contribution in [-0.4, -0.2) is 90.3 Å². The highest BCUT2D eigenvalue weighted by Crippen LogP contribution is 2.40. The van der Waals surface area contributed by atoms with Gasteiger partial charge in [0.2, 0.25) is 20.0 Å². The molecule has 5 N–H and O–H groups in total. The fourth-order valence-corrected chi connectivity index (χ4v) is 8.28. The van der Waals surface area contributed by atoms with Crippen LogP contribution in [0.3, 0.4) is 0 Å². The van der Waals surface area contributed by atoms with Gasteiger partial charge in [-0.1, -0.05) is 36.4 Å². The molecule has 0 aliphatic carbocycles. The standard InChI is InChI=1S/C32H39F3N4O8S2/c1-37-48(41,42)28-4-2-3-27(16-28)45-21-26(40)19-38-25-17-31(46-20-25)11-13-39(14-12-31)49(43,44)30-15-24(9-10-29(30)47-32(33,34)35)23-7-5-22(18-36)6-8-23/h2-10,15-16,25-26,37-38,40H,11-14,17-21,36H2,1H3/t25-,26+/m1/s1. The number of aliphatic hydroxyl groups excluding tert-OH is 1. The molecule has 1 spiro atoms. The number of nitrogens with one attached hydrogen (secondary N) is 2. The minimum Gasteiger partial charge on any atom is -0.491 e. The highest BCUT2D eigenvalue weighted by Gasteiger charge is 2.45. The molecule has 268 valence electrons. The highest BCUT2D eigenvalue weighted by molar-refractivity contribution is 7.89. The van der Waals surface area contributed by atoms with E-state index >= 15 is 0 Å². The van der Waals surface area contributed by atoms with E-state index in [9.17, 15) is 35.1 Å². The molecule has 3 aromatic rings. The van der Waals surface area contributed by atoms with Crippen LogP contribution in [0.5, 0.6) is 11.5 Å². The number of halogens is 3. The summed E-state index contributed by atoms with van der Waals surface area (Å²) in [4.78, 5) is -0.551. The van der Waals surface area contributed by atoms with Gasteiger partial charge < -0.3 is 30.4 Å². The van der Waals surface area contributed by atoms with Crippen molar-refractivity contribution in [2.75, 3.05) is 39.9 Å². The van der Waals surface area contributed by atoms with E-state index in [1.165, 1.54) is 37.4 Å². The Morgan fingerprint density at radius 3 is 2.39 bits per heavy atom. The highest BCUT2D eigenvalue weighted by atomic mass is 32.2. The van der Waals surface area contributed by atoms with E-state index in [2.05, 4.69) is 14.8 Å². The Balaban J connectivity index is 1.18. The van der Waals surface area contributed by atoms with E-state index in [4.69, 9.17) is 15.2 Å². The van der Waals surface area contributed by atoms with Crippen molar-refractivity contribution in [2.24, 2.45) is 5.73 Å². The molecular weight excluding hydrogens is 690 g/mol. The van der Waals surface area contributed by atoms with Crippen LogP contribution < -0.4 is 25.2 Å². The van der Waals surface area contributed by atoms with Crippen molar-refractivity contribution >= 4 is 20.0 Å². The van der Waals surface area contributed by atoms with Crippen LogP contribution in [0.1, 0.15) is 24.8 Å². The lowest BCUT2D eigenvalue weighted by Crippen LogP contribution is -2.47. The maximum Gasteiger partial charge on any atom is 0.573 e. The number of aliphatic hydroxyl groups is 1. The van der Waals surface area contributed by atoms with Crippen LogP contribution in [0, 0.1) is 0 Å². The number of hydrogen-bond donors (Lipinski definition) is 4. The lowest BCUT2D eigenvalue weighted by Gasteiger charge is -2.38. The molecule has 2 fully saturated rings. The minimum atomic E-state index is -5.10. The summed E-state index contributed by atoms with van der Waals surface area (Å²) in [5, 5.41) is 13.7. The number of nitrogens with zero attached hydrogens (tertiary/aromatic N) is 1. The Kier molecular flexibility index (Phi) is 11.2. The molecule has 0 aromatic heterocycles. The Hall–Kier alpha value is -3.29. The second-order valence-corrected chi connectivity index (χ2v) is 15.8. The first kappa shape index (κ1) is 37.0. The van der Waals surface area contributed by atoms with Crippen LogP contribution in [0.15, 0.2) is 76.5 Å². The number of piperidine rings is 1. The molecule has 2 aliphatic heterocycles. The first-order chi connectivity index (χ1) is 23.1. The fraction of sp³-hybridized carbons (Fsp3) is 0.438. The molecule has 2 heterocycles. The number of ether oxygens (including phenoxy) is 3. The molecule has 49 heavy (non-hydrogen) atoms. The topological polar surface area (TPSA) is 170 Å². The summed E-state index contributed by atoms with van der Waals surface area (Å²) < 4.78 is 111. The summed E-state index contributed by atoms with van der Waals surface area (Å²) in [6.07, 6.45) is -4.85. The molecule has 0 unspecified atom stereocenters. The Labute approximate surface area is 283 Å². The van der Waals surface area contributed by atoms with Crippen molar-refractivity contribution in [2.45, 2.75) is 59.7 Å². The quantitative estimate of drug-likeness (QED) is 0.205. The van der Waals surface area contributed by atoms with Gasteiger partial charge in [0.1, 0.15) is 29.1 Å². The molecule has 3 aromatic carbocycles. The second kappa shape index (κ2) is 14.9. The van der Waals surface area contributed by atoms with Crippen molar-refractivity contribution in [3.63, 3.8) is 0 Å². The maximum absolute atomic E-state index is 13.8. The van der Waals surface area contributed by atoms with Gasteiger partial charge >= 0.3 is 6.36 Å². The molecule has 2 aliphatic rings. The van der Waals surface area contributed by atoms with Gasteiger partial charge in [-0.3, -0.25) is 0 Å². The number of sulfonamides is 2. The average Bonchev–Trinajstić information content (AvgIpc) is 3.48. The van der Waals surface area contributed by atoms with Crippen LogP contribution in [-0.2, 0) is 31.3 Å². The summed E-state index contributed by atoms with van der Waals surface area (Å²) in [5.41, 5.74) is 6.87. The first-order valence-electron chi connectivity index (χ1n) is 15.5. The predicted molar refractivity (Wildman–Crippen MR) is 174 cm³/mol. The van der Waals surface area contributed by atoms with Gasteiger partial charge in [0.05, 0.1) is 17.1 Å². The molecule has 17 heteroatoms. The number of benzene rings is 3. The van der Waals surface area contributed by atoms with E-state index < -0.39 is 48.8 Å². The molecule has 0 amide bonds. The van der Waals surface area contributed by atoms with Crippen molar-refractivity contribution in [3.05, 3.63) is 72.3 Å². The summed E-state index contributed by atoms with van der Waals surface area (Å²) in [5.74, 6) is -0.528. The van der Waals surface area contributed by atoms with Crippen molar-refractivity contribution in [1.29, 1.82) is 0 Å². The van der Waals surface area contributed by atoms with Crippen molar-refractivity contribution in [1.82, 2.24) is 14.3 Å². The molecular formula is C32H39F3N4O8S2. The molecule has 0 saturated carbocycles. The summed E-state index contributed by atoms with van der Waals surface area (Å²) in [6, 6.07) is 16.3. The summed E-state index contributed by atoms with van der Waals surface area (Å²) >= 11 is 0. The normalized spacial score (nSPS) is 19.2. The van der Waals surface area contributed by atoms with Gasteiger partial charge in [-0.05, 0) is 67.3 Å². The summed E-state index contributed by atoms with van der Waals surface area (Å²) in [7, 11) is -6.74. The van der Waals surface area contributed by atoms with E-state index in [1.807, 2.05) is 0 Å². The second-order valence-electron chi connectivity index (χ2n) is 12.0. The third kappa shape index (κ3) is 9.09. The van der Waals surface area contributed by atoms with E-state index in [-0.39, 0.29) is 42.9 Å². The molecule has 12 nitrogen and oxygen atoms in total. The van der Waals surface area contributed by atoms with E-state index in [1.54, 1.807) is 30.3 Å². The number of alkyl halides is 3. The molecule has 5 rings (SSSR count). The number of hydrogen-bond acceptors (Lipinski definition) is 10. The summed E-state index contributed by atoms with van der Waals surface area (Å²) in [6.45, 7) is 0.729. The minimum absolute atomic E-state index is 0.0226. The Morgan fingerprint density at radius 1 is 1.04 bits per heavy atom. The third-order valence-electron chi connectivity index (χ3n) is 8.62. The SMILES string of the molecule is CNS(=O)(=O)c1cccc(OC[C@@H](O)CN[C@H]2COC3(CCN(S(=O)(=O)c4cc(-c5ccc(CN)cc5)ccc4OC(F)(F)F)CC3)C2)c1. The lowest BCUT2D eigenvalue weighted by atomic mass is 9.88. The van der Waals surface area contributed by atoms with E-state index in [0.29, 0.717) is 43.5 Å².